The van der Waals surface area contributed by atoms with Gasteiger partial charge in [0.2, 0.25) is 15.9 Å². The van der Waals surface area contributed by atoms with Crippen molar-refractivity contribution in [2.45, 2.75) is 56.3 Å². The quantitative estimate of drug-likeness (QED) is 0.738. The van der Waals surface area contributed by atoms with Gasteiger partial charge in [-0.15, -0.1) is 0 Å². The monoisotopic (exact) mass is 456 g/mol. The number of anilines is 1. The summed E-state index contributed by atoms with van der Waals surface area (Å²) in [6, 6.07) is 13.4. The summed E-state index contributed by atoms with van der Waals surface area (Å²) in [5, 5.41) is 2.98. The van der Waals surface area contributed by atoms with Crippen molar-refractivity contribution in [1.29, 1.82) is 0 Å². The van der Waals surface area contributed by atoms with Crippen molar-refractivity contribution in [1.82, 2.24) is 4.31 Å². The maximum absolute atomic E-state index is 13.2. The molecular formula is C25H32N2O4S. The van der Waals surface area contributed by atoms with Crippen LogP contribution in [0.25, 0.3) is 0 Å². The van der Waals surface area contributed by atoms with Crippen LogP contribution >= 0.6 is 0 Å². The zero-order valence-corrected chi connectivity index (χ0v) is 20.1. The lowest BCUT2D eigenvalue weighted by Crippen LogP contribution is -2.40. The van der Waals surface area contributed by atoms with Crippen molar-refractivity contribution in [3.05, 3.63) is 59.2 Å². The van der Waals surface area contributed by atoms with E-state index in [1.807, 2.05) is 0 Å². The van der Waals surface area contributed by atoms with Crippen molar-refractivity contribution < 1.29 is 17.9 Å². The maximum Gasteiger partial charge on any atom is 0.243 e. The second kappa shape index (κ2) is 8.28. The van der Waals surface area contributed by atoms with Crippen LogP contribution in [-0.4, -0.2) is 44.9 Å². The molecule has 4 rings (SSSR count). The second-order valence-electron chi connectivity index (χ2n) is 9.86. The van der Waals surface area contributed by atoms with Crippen molar-refractivity contribution in [2.24, 2.45) is 0 Å². The lowest BCUT2D eigenvalue weighted by atomic mass is 9.85. The number of ether oxygens (including phenoxy) is 1. The molecule has 6 nitrogen and oxygen atoms in total. The first-order chi connectivity index (χ1) is 15.0. The Labute approximate surface area is 191 Å². The standard InChI is InChI=1S/C25H32N2O4S/c1-18-5-10-21(17-22(18)32(29,30)27-13-15-31-16-14-27)26-23(28)25(11-12-25)20-8-6-19(7-9-20)24(2,3)4/h5-10,17H,11-16H2,1-4H3,(H,26,28). The SMILES string of the molecule is Cc1ccc(NC(=O)C2(c3ccc(C(C)(C)C)cc3)CC2)cc1S(=O)(=O)N1CCOCC1. The maximum atomic E-state index is 13.2. The summed E-state index contributed by atoms with van der Waals surface area (Å²) in [4.78, 5) is 13.5. The van der Waals surface area contributed by atoms with Gasteiger partial charge in [-0.1, -0.05) is 51.1 Å². The number of sulfonamides is 1. The highest BCUT2D eigenvalue weighted by Crippen LogP contribution is 2.49. The Morgan fingerprint density at radius 1 is 1.03 bits per heavy atom. The fourth-order valence-electron chi connectivity index (χ4n) is 4.19. The smallest absolute Gasteiger partial charge is 0.243 e. The minimum Gasteiger partial charge on any atom is -0.379 e. The first-order valence-electron chi connectivity index (χ1n) is 11.2. The number of amides is 1. The van der Waals surface area contributed by atoms with Gasteiger partial charge >= 0.3 is 0 Å². The predicted molar refractivity (Wildman–Crippen MR) is 125 cm³/mol. The highest BCUT2D eigenvalue weighted by molar-refractivity contribution is 7.89. The zero-order chi connectivity index (χ0) is 23.1. The molecule has 1 amide bonds. The third-order valence-electron chi connectivity index (χ3n) is 6.52. The zero-order valence-electron chi connectivity index (χ0n) is 19.3. The van der Waals surface area contributed by atoms with E-state index in [1.165, 1.54) is 9.87 Å². The van der Waals surface area contributed by atoms with E-state index in [0.29, 0.717) is 37.6 Å². The van der Waals surface area contributed by atoms with E-state index in [9.17, 15) is 13.2 Å². The average Bonchev–Trinajstić information content (AvgIpc) is 3.57. The van der Waals surface area contributed by atoms with Gasteiger partial charge in [-0.2, -0.15) is 4.31 Å². The summed E-state index contributed by atoms with van der Waals surface area (Å²) in [6.45, 7) is 9.75. The molecule has 1 heterocycles. The lowest BCUT2D eigenvalue weighted by Gasteiger charge is -2.27. The van der Waals surface area contributed by atoms with Gasteiger partial charge in [-0.25, -0.2) is 8.42 Å². The number of benzene rings is 2. The first kappa shape index (κ1) is 23.0. The molecule has 1 saturated heterocycles. The Morgan fingerprint density at radius 2 is 1.66 bits per heavy atom. The van der Waals surface area contributed by atoms with E-state index in [-0.39, 0.29) is 16.2 Å². The minimum absolute atomic E-state index is 0.0573. The van der Waals surface area contributed by atoms with E-state index < -0.39 is 15.4 Å². The largest absolute Gasteiger partial charge is 0.379 e. The normalized spacial score (nSPS) is 18.9. The van der Waals surface area contributed by atoms with Crippen LogP contribution < -0.4 is 5.32 Å². The fourth-order valence-corrected chi connectivity index (χ4v) is 5.85. The number of carbonyl (C=O) groups excluding carboxylic acids is 1. The van der Waals surface area contributed by atoms with E-state index in [0.717, 1.165) is 18.4 Å². The number of rotatable bonds is 5. The van der Waals surface area contributed by atoms with Gasteiger partial charge in [0.15, 0.2) is 0 Å². The summed E-state index contributed by atoms with van der Waals surface area (Å²) in [5.41, 5.74) is 2.93. The van der Waals surface area contributed by atoms with Crippen LogP contribution in [0, 0.1) is 6.92 Å². The fraction of sp³-hybridized carbons (Fsp3) is 0.480. The van der Waals surface area contributed by atoms with Crippen molar-refractivity contribution in [3.8, 4) is 0 Å². The number of hydrogen-bond acceptors (Lipinski definition) is 4. The Bertz CT molecular complexity index is 1110. The highest BCUT2D eigenvalue weighted by atomic mass is 32.2. The van der Waals surface area contributed by atoms with Crippen LogP contribution in [0.3, 0.4) is 0 Å². The Kier molecular flexibility index (Phi) is 5.94. The number of carbonyl (C=O) groups is 1. The predicted octanol–water partition coefficient (Wildman–Crippen LogP) is 3.98. The summed E-state index contributed by atoms with van der Waals surface area (Å²) in [5.74, 6) is -0.0837. The molecule has 1 N–H and O–H groups in total. The summed E-state index contributed by atoms with van der Waals surface area (Å²) in [7, 11) is -3.64. The Morgan fingerprint density at radius 3 is 2.22 bits per heavy atom. The lowest BCUT2D eigenvalue weighted by molar-refractivity contribution is -0.118. The number of aryl methyl sites for hydroxylation is 1. The van der Waals surface area contributed by atoms with E-state index >= 15 is 0 Å². The molecule has 2 aromatic carbocycles. The molecule has 2 aliphatic rings. The molecule has 0 bridgehead atoms. The Hall–Kier alpha value is -2.22. The molecule has 2 fully saturated rings. The molecule has 1 aliphatic heterocycles. The molecule has 1 aliphatic carbocycles. The van der Waals surface area contributed by atoms with Crippen molar-refractivity contribution in [3.63, 3.8) is 0 Å². The van der Waals surface area contributed by atoms with Crippen LogP contribution in [0.2, 0.25) is 0 Å². The van der Waals surface area contributed by atoms with Gasteiger partial charge in [0, 0.05) is 18.8 Å². The van der Waals surface area contributed by atoms with Crippen LogP contribution in [0.1, 0.15) is 50.3 Å². The summed E-state index contributed by atoms with van der Waals surface area (Å²) >= 11 is 0. The molecule has 0 atom stereocenters. The molecule has 0 unspecified atom stereocenters. The Balaban J connectivity index is 1.55. The molecule has 172 valence electrons. The molecule has 0 radical (unpaired) electrons. The minimum atomic E-state index is -3.64. The van der Waals surface area contributed by atoms with Crippen LogP contribution in [0.15, 0.2) is 47.4 Å². The number of nitrogens with zero attached hydrogens (tertiary/aromatic N) is 1. The topological polar surface area (TPSA) is 75.7 Å². The van der Waals surface area contributed by atoms with Crippen molar-refractivity contribution >= 4 is 21.6 Å². The number of nitrogens with one attached hydrogen (secondary N) is 1. The third-order valence-corrected chi connectivity index (χ3v) is 8.56. The molecule has 1 saturated carbocycles. The number of morpholine rings is 1. The van der Waals surface area contributed by atoms with E-state index in [4.69, 9.17) is 4.74 Å². The molecule has 0 spiro atoms. The van der Waals surface area contributed by atoms with Crippen LogP contribution in [-0.2, 0) is 30.4 Å². The van der Waals surface area contributed by atoms with Gasteiger partial charge in [0.1, 0.15) is 0 Å². The summed E-state index contributed by atoms with van der Waals surface area (Å²) in [6.07, 6.45) is 1.58. The van der Waals surface area contributed by atoms with E-state index in [2.05, 4.69) is 50.4 Å². The van der Waals surface area contributed by atoms with Gasteiger partial charge in [0.05, 0.1) is 23.5 Å². The molecule has 7 heteroatoms. The molecule has 2 aromatic rings. The highest BCUT2D eigenvalue weighted by Gasteiger charge is 2.51. The third kappa shape index (κ3) is 4.34. The van der Waals surface area contributed by atoms with Crippen LogP contribution in [0.4, 0.5) is 5.69 Å². The van der Waals surface area contributed by atoms with Crippen LogP contribution in [0.5, 0.6) is 0 Å². The average molecular weight is 457 g/mol. The van der Waals surface area contributed by atoms with E-state index in [1.54, 1.807) is 25.1 Å². The first-order valence-corrected chi connectivity index (χ1v) is 12.6. The molecule has 0 aromatic heterocycles. The number of hydrogen-bond donors (Lipinski definition) is 1. The molecular weight excluding hydrogens is 424 g/mol. The van der Waals surface area contributed by atoms with Gasteiger partial charge < -0.3 is 10.1 Å². The van der Waals surface area contributed by atoms with Gasteiger partial charge in [0.25, 0.3) is 0 Å². The van der Waals surface area contributed by atoms with Crippen molar-refractivity contribution in [2.75, 3.05) is 31.6 Å². The molecule has 32 heavy (non-hydrogen) atoms. The van der Waals surface area contributed by atoms with Gasteiger partial charge in [-0.05, 0) is 54.0 Å². The summed E-state index contributed by atoms with van der Waals surface area (Å²) < 4.78 is 33.0. The second-order valence-corrected chi connectivity index (χ2v) is 11.8. The van der Waals surface area contributed by atoms with Gasteiger partial charge in [-0.3, -0.25) is 4.79 Å².